The Morgan fingerprint density at radius 2 is 2.00 bits per heavy atom. The van der Waals surface area contributed by atoms with E-state index >= 15 is 0 Å². The Balaban J connectivity index is 1.80. The zero-order valence-electron chi connectivity index (χ0n) is 12.4. The third-order valence-corrected chi connectivity index (χ3v) is 3.38. The summed E-state index contributed by atoms with van der Waals surface area (Å²) in [6.45, 7) is 0.372. The van der Waals surface area contributed by atoms with Crippen LogP contribution in [0.4, 0.5) is 11.5 Å². The molecule has 2 aromatic heterocycles. The summed E-state index contributed by atoms with van der Waals surface area (Å²) >= 11 is 6.04. The van der Waals surface area contributed by atoms with E-state index in [0.29, 0.717) is 23.9 Å². The van der Waals surface area contributed by atoms with Crippen LogP contribution in [0.15, 0.2) is 54.7 Å². The molecule has 2 heterocycles. The van der Waals surface area contributed by atoms with Crippen LogP contribution < -0.4 is 5.32 Å². The summed E-state index contributed by atoms with van der Waals surface area (Å²) in [4.78, 5) is 23.1. The van der Waals surface area contributed by atoms with Crippen LogP contribution in [0.2, 0.25) is 5.15 Å². The van der Waals surface area contributed by atoms with Gasteiger partial charge in [-0.3, -0.25) is 15.1 Å². The summed E-state index contributed by atoms with van der Waals surface area (Å²) < 4.78 is 0. The van der Waals surface area contributed by atoms with E-state index in [2.05, 4.69) is 20.3 Å². The molecule has 0 fully saturated rings. The lowest BCUT2D eigenvalue weighted by Crippen LogP contribution is -2.04. The number of nitro groups is 1. The first kappa shape index (κ1) is 15.8. The van der Waals surface area contributed by atoms with Gasteiger partial charge in [0.05, 0.1) is 4.92 Å². The first-order valence-corrected chi connectivity index (χ1v) is 7.43. The van der Waals surface area contributed by atoms with Gasteiger partial charge in [-0.15, -0.1) is 0 Å². The summed E-state index contributed by atoms with van der Waals surface area (Å²) in [6.07, 6.45) is 1.65. The van der Waals surface area contributed by atoms with E-state index in [1.54, 1.807) is 36.5 Å². The Hall–Kier alpha value is -3.06. The number of pyridine rings is 1. The Morgan fingerprint density at radius 3 is 2.75 bits per heavy atom. The molecule has 1 aromatic carbocycles. The molecule has 0 atom stereocenters. The summed E-state index contributed by atoms with van der Waals surface area (Å²) in [5.41, 5.74) is 1.42. The van der Waals surface area contributed by atoms with E-state index in [-0.39, 0.29) is 10.8 Å². The molecule has 24 heavy (non-hydrogen) atoms. The van der Waals surface area contributed by atoms with Crippen molar-refractivity contribution in [3.05, 3.63) is 75.6 Å². The Kier molecular flexibility index (Phi) is 4.62. The van der Waals surface area contributed by atoms with Crippen LogP contribution in [0.1, 0.15) is 5.56 Å². The van der Waals surface area contributed by atoms with Gasteiger partial charge < -0.3 is 5.32 Å². The Labute approximate surface area is 142 Å². The Morgan fingerprint density at radius 1 is 1.12 bits per heavy atom. The molecule has 0 radical (unpaired) electrons. The lowest BCUT2D eigenvalue weighted by atomic mass is 10.2. The van der Waals surface area contributed by atoms with Gasteiger partial charge in [-0.05, 0) is 17.7 Å². The van der Waals surface area contributed by atoms with Crippen molar-refractivity contribution >= 4 is 23.1 Å². The molecule has 120 valence electrons. The van der Waals surface area contributed by atoms with Crippen LogP contribution in [-0.4, -0.2) is 19.9 Å². The van der Waals surface area contributed by atoms with Crippen molar-refractivity contribution in [2.24, 2.45) is 0 Å². The van der Waals surface area contributed by atoms with Crippen LogP contribution >= 0.6 is 11.6 Å². The molecule has 0 bridgehead atoms. The molecule has 0 saturated carbocycles. The molecule has 3 aromatic rings. The predicted octanol–water partition coefficient (Wildman–Crippen LogP) is 3.71. The number of benzene rings is 1. The van der Waals surface area contributed by atoms with Gasteiger partial charge in [0.15, 0.2) is 5.82 Å². The topological polar surface area (TPSA) is 93.8 Å². The fraction of sp³-hybridized carbons (Fsp3) is 0.0625. The molecule has 1 N–H and O–H groups in total. The van der Waals surface area contributed by atoms with Crippen molar-refractivity contribution in [3.8, 4) is 11.5 Å². The van der Waals surface area contributed by atoms with Gasteiger partial charge in [0, 0.05) is 30.9 Å². The van der Waals surface area contributed by atoms with Gasteiger partial charge in [0.2, 0.25) is 0 Å². The summed E-state index contributed by atoms with van der Waals surface area (Å²) in [6, 6.07) is 13.4. The molecular formula is C16H12ClN5O2. The minimum absolute atomic E-state index is 0.0456. The number of rotatable bonds is 5. The first-order valence-electron chi connectivity index (χ1n) is 7.05. The van der Waals surface area contributed by atoms with Gasteiger partial charge in [-0.1, -0.05) is 29.8 Å². The summed E-state index contributed by atoms with van der Waals surface area (Å²) in [7, 11) is 0. The molecule has 0 spiro atoms. The molecule has 8 heteroatoms. The maximum Gasteiger partial charge on any atom is 0.269 e. The number of nitrogens with zero attached hydrogens (tertiary/aromatic N) is 4. The first-order chi connectivity index (χ1) is 11.6. The highest BCUT2D eigenvalue weighted by Gasteiger charge is 2.08. The predicted molar refractivity (Wildman–Crippen MR) is 90.7 cm³/mol. The minimum Gasteiger partial charge on any atom is -0.366 e. The second-order valence-electron chi connectivity index (χ2n) is 4.90. The average Bonchev–Trinajstić information content (AvgIpc) is 2.60. The molecule has 3 rings (SSSR count). The number of hydrogen-bond donors (Lipinski definition) is 1. The fourth-order valence-corrected chi connectivity index (χ4v) is 2.27. The molecule has 0 unspecified atom stereocenters. The lowest BCUT2D eigenvalue weighted by molar-refractivity contribution is -0.384. The summed E-state index contributed by atoms with van der Waals surface area (Å²) in [5.74, 6) is 0.923. The van der Waals surface area contributed by atoms with Crippen LogP contribution in [0, 0.1) is 10.1 Å². The molecule has 0 aliphatic rings. The monoisotopic (exact) mass is 341 g/mol. The zero-order valence-corrected chi connectivity index (χ0v) is 13.1. The quantitative estimate of drug-likeness (QED) is 0.432. The number of hydrogen-bond acceptors (Lipinski definition) is 6. The van der Waals surface area contributed by atoms with Crippen molar-refractivity contribution in [2.75, 3.05) is 5.32 Å². The normalized spacial score (nSPS) is 10.4. The van der Waals surface area contributed by atoms with Crippen molar-refractivity contribution < 1.29 is 4.92 Å². The highest BCUT2D eigenvalue weighted by molar-refractivity contribution is 6.29. The molecular weight excluding hydrogens is 330 g/mol. The van der Waals surface area contributed by atoms with E-state index < -0.39 is 4.92 Å². The smallest absolute Gasteiger partial charge is 0.269 e. The molecule has 7 nitrogen and oxygen atoms in total. The second kappa shape index (κ2) is 7.01. The summed E-state index contributed by atoms with van der Waals surface area (Å²) in [5, 5.41) is 14.2. The van der Waals surface area contributed by atoms with E-state index in [1.165, 1.54) is 12.1 Å². The SMILES string of the molecule is O=[N+]([O-])c1cccc(CNc2cc(Cl)nc(-c3ccccn3)n2)c1. The van der Waals surface area contributed by atoms with Crippen molar-refractivity contribution in [1.82, 2.24) is 15.0 Å². The highest BCUT2D eigenvalue weighted by atomic mass is 35.5. The number of nitrogens with one attached hydrogen (secondary N) is 1. The van der Waals surface area contributed by atoms with Gasteiger partial charge >= 0.3 is 0 Å². The molecule has 0 aliphatic carbocycles. The maximum atomic E-state index is 10.8. The van der Waals surface area contributed by atoms with Gasteiger partial charge in [-0.25, -0.2) is 9.97 Å². The van der Waals surface area contributed by atoms with Crippen LogP contribution in [0.5, 0.6) is 0 Å². The maximum absolute atomic E-state index is 10.8. The van der Waals surface area contributed by atoms with Gasteiger partial charge in [0.1, 0.15) is 16.7 Å². The molecule has 0 saturated heterocycles. The number of aromatic nitrogens is 3. The van der Waals surface area contributed by atoms with E-state index in [1.807, 2.05) is 6.07 Å². The van der Waals surface area contributed by atoms with Crippen LogP contribution in [-0.2, 0) is 6.54 Å². The van der Waals surface area contributed by atoms with E-state index in [0.717, 1.165) is 5.56 Å². The largest absolute Gasteiger partial charge is 0.366 e. The lowest BCUT2D eigenvalue weighted by Gasteiger charge is -2.08. The molecule has 0 amide bonds. The van der Waals surface area contributed by atoms with Crippen LogP contribution in [0.25, 0.3) is 11.5 Å². The zero-order chi connectivity index (χ0) is 16.9. The minimum atomic E-state index is -0.426. The number of nitro benzene ring substituents is 1. The molecule has 0 aliphatic heterocycles. The second-order valence-corrected chi connectivity index (χ2v) is 5.28. The number of halogens is 1. The van der Waals surface area contributed by atoms with Gasteiger partial charge in [-0.2, -0.15) is 0 Å². The standard InChI is InChI=1S/C16H12ClN5O2/c17-14-9-15(21-16(20-14)13-6-1-2-7-18-13)19-10-11-4-3-5-12(8-11)22(23)24/h1-9H,10H2,(H,19,20,21). The van der Waals surface area contributed by atoms with Crippen molar-refractivity contribution in [3.63, 3.8) is 0 Å². The van der Waals surface area contributed by atoms with Crippen molar-refractivity contribution in [2.45, 2.75) is 6.54 Å². The van der Waals surface area contributed by atoms with E-state index in [9.17, 15) is 10.1 Å². The third-order valence-electron chi connectivity index (χ3n) is 3.18. The number of non-ortho nitro benzene ring substituents is 1. The van der Waals surface area contributed by atoms with Gasteiger partial charge in [0.25, 0.3) is 5.69 Å². The van der Waals surface area contributed by atoms with E-state index in [4.69, 9.17) is 11.6 Å². The van der Waals surface area contributed by atoms with Crippen LogP contribution in [0.3, 0.4) is 0 Å². The highest BCUT2D eigenvalue weighted by Crippen LogP contribution is 2.19. The van der Waals surface area contributed by atoms with Crippen molar-refractivity contribution in [1.29, 1.82) is 0 Å². The Bertz CT molecular complexity index is 873. The third kappa shape index (κ3) is 3.82. The average molecular weight is 342 g/mol. The number of anilines is 1. The fourth-order valence-electron chi connectivity index (χ4n) is 2.09.